The van der Waals surface area contributed by atoms with Crippen LogP contribution in [-0.2, 0) is 0 Å². The zero-order valence-electron chi connectivity index (χ0n) is 11.2. The van der Waals surface area contributed by atoms with Crippen LogP contribution in [0.4, 0.5) is 17.1 Å². The molecule has 0 bridgehead atoms. The molecule has 3 aromatic rings. The van der Waals surface area contributed by atoms with E-state index in [-0.39, 0.29) is 5.75 Å². The molecule has 4 rings (SSSR count). The molecule has 0 radical (unpaired) electrons. The normalized spacial score (nSPS) is 12.3. The first-order valence-corrected chi connectivity index (χ1v) is 6.78. The fraction of sp³-hybridized carbons (Fsp3) is 0. The van der Waals surface area contributed by atoms with E-state index in [0.29, 0.717) is 5.75 Å². The summed E-state index contributed by atoms with van der Waals surface area (Å²) in [7, 11) is 0. The molecule has 0 aromatic heterocycles. The fourth-order valence-corrected chi connectivity index (χ4v) is 2.60. The Kier molecular flexibility index (Phi) is 2.57. The number of benzene rings is 3. The van der Waals surface area contributed by atoms with Gasteiger partial charge in [0.05, 0.1) is 11.4 Å². The second-order valence-corrected chi connectivity index (χ2v) is 4.89. The highest BCUT2D eigenvalue weighted by molar-refractivity contribution is 5.86. The molecule has 0 unspecified atom stereocenters. The van der Waals surface area contributed by atoms with Crippen LogP contribution in [0.25, 0.3) is 0 Å². The minimum absolute atomic E-state index is 0.196. The van der Waals surface area contributed by atoms with Gasteiger partial charge in [-0.25, -0.2) is 0 Å². The number of fused-ring (bicyclic) bond motifs is 2. The molecule has 0 fully saturated rings. The van der Waals surface area contributed by atoms with E-state index >= 15 is 0 Å². The number of rotatable bonds is 1. The summed E-state index contributed by atoms with van der Waals surface area (Å²) in [4.78, 5) is 2.13. The van der Waals surface area contributed by atoms with Gasteiger partial charge in [0.2, 0.25) is 0 Å². The molecule has 1 heterocycles. The summed E-state index contributed by atoms with van der Waals surface area (Å²) >= 11 is 0. The van der Waals surface area contributed by atoms with Gasteiger partial charge >= 0.3 is 0 Å². The average molecular weight is 275 g/mol. The van der Waals surface area contributed by atoms with Gasteiger partial charge in [-0.3, -0.25) is 0 Å². The van der Waals surface area contributed by atoms with Gasteiger partial charge in [-0.2, -0.15) is 0 Å². The summed E-state index contributed by atoms with van der Waals surface area (Å²) < 4.78 is 5.91. The Morgan fingerprint density at radius 2 is 1.43 bits per heavy atom. The second kappa shape index (κ2) is 4.56. The summed E-state index contributed by atoms with van der Waals surface area (Å²) in [6.45, 7) is 0. The lowest BCUT2D eigenvalue weighted by molar-refractivity contribution is 0.452. The first kappa shape index (κ1) is 11.9. The van der Waals surface area contributed by atoms with Crippen molar-refractivity contribution in [3.63, 3.8) is 0 Å². The predicted molar refractivity (Wildman–Crippen MR) is 82.9 cm³/mol. The molecule has 1 N–H and O–H groups in total. The highest BCUT2D eigenvalue weighted by atomic mass is 16.5. The Bertz CT molecular complexity index is 799. The van der Waals surface area contributed by atoms with Crippen LogP contribution in [0, 0.1) is 0 Å². The molecule has 0 aliphatic carbocycles. The molecule has 0 amide bonds. The van der Waals surface area contributed by atoms with E-state index in [1.54, 1.807) is 12.1 Å². The fourth-order valence-electron chi connectivity index (χ4n) is 2.60. The van der Waals surface area contributed by atoms with Gasteiger partial charge < -0.3 is 14.7 Å². The molecule has 102 valence electrons. The minimum atomic E-state index is 0.196. The lowest BCUT2D eigenvalue weighted by Gasteiger charge is -2.32. The van der Waals surface area contributed by atoms with Crippen molar-refractivity contribution in [1.82, 2.24) is 0 Å². The number of aromatic hydroxyl groups is 1. The average Bonchev–Trinajstić information content (AvgIpc) is 2.53. The zero-order chi connectivity index (χ0) is 14.2. The van der Waals surface area contributed by atoms with E-state index in [1.165, 1.54) is 0 Å². The van der Waals surface area contributed by atoms with Gasteiger partial charge in [0.15, 0.2) is 11.5 Å². The molecule has 3 nitrogen and oxygen atoms in total. The number of phenolic OH excluding ortho intramolecular Hbond substituents is 1. The summed E-state index contributed by atoms with van der Waals surface area (Å²) in [5.74, 6) is 1.62. The Morgan fingerprint density at radius 3 is 2.29 bits per heavy atom. The topological polar surface area (TPSA) is 32.7 Å². The zero-order valence-corrected chi connectivity index (χ0v) is 11.2. The maximum atomic E-state index is 9.69. The Morgan fingerprint density at radius 1 is 0.714 bits per heavy atom. The smallest absolute Gasteiger partial charge is 0.155 e. The van der Waals surface area contributed by atoms with E-state index in [9.17, 15) is 5.11 Å². The molecule has 0 saturated carbocycles. The maximum Gasteiger partial charge on any atom is 0.155 e. The summed E-state index contributed by atoms with van der Waals surface area (Å²) in [6, 6.07) is 23.2. The van der Waals surface area contributed by atoms with Crippen molar-refractivity contribution in [3.8, 4) is 17.2 Å². The van der Waals surface area contributed by atoms with Gasteiger partial charge in [-0.1, -0.05) is 30.3 Å². The number of nitrogens with zero attached hydrogens (tertiary/aromatic N) is 1. The Labute approximate surface area is 122 Å². The number of hydrogen-bond acceptors (Lipinski definition) is 3. The van der Waals surface area contributed by atoms with E-state index < -0.39 is 0 Å². The van der Waals surface area contributed by atoms with Crippen LogP contribution >= 0.6 is 0 Å². The van der Waals surface area contributed by atoms with Gasteiger partial charge in [-0.05, 0) is 36.4 Å². The molecule has 3 aromatic carbocycles. The number of phenols is 1. The van der Waals surface area contributed by atoms with Crippen molar-refractivity contribution >= 4 is 17.1 Å². The number of ether oxygens (including phenoxy) is 1. The van der Waals surface area contributed by atoms with Crippen molar-refractivity contribution < 1.29 is 9.84 Å². The highest BCUT2D eigenvalue weighted by Crippen LogP contribution is 2.50. The van der Waals surface area contributed by atoms with Crippen LogP contribution in [0.3, 0.4) is 0 Å². The third-order valence-electron chi connectivity index (χ3n) is 3.52. The van der Waals surface area contributed by atoms with Crippen LogP contribution in [-0.4, -0.2) is 5.11 Å². The van der Waals surface area contributed by atoms with Crippen LogP contribution in [0.2, 0.25) is 0 Å². The largest absolute Gasteiger partial charge is 0.508 e. The van der Waals surface area contributed by atoms with E-state index in [2.05, 4.69) is 17.0 Å². The lowest BCUT2D eigenvalue weighted by atomic mass is 10.1. The van der Waals surface area contributed by atoms with E-state index in [1.807, 2.05) is 48.5 Å². The van der Waals surface area contributed by atoms with Crippen molar-refractivity contribution in [2.45, 2.75) is 0 Å². The molecular weight excluding hydrogens is 262 g/mol. The minimum Gasteiger partial charge on any atom is -0.508 e. The van der Waals surface area contributed by atoms with Gasteiger partial charge in [0, 0.05) is 11.8 Å². The van der Waals surface area contributed by atoms with Crippen molar-refractivity contribution in [3.05, 3.63) is 72.8 Å². The van der Waals surface area contributed by atoms with Crippen molar-refractivity contribution in [2.24, 2.45) is 0 Å². The quantitative estimate of drug-likeness (QED) is 0.532. The Balaban J connectivity index is 1.97. The second-order valence-electron chi connectivity index (χ2n) is 4.89. The molecule has 21 heavy (non-hydrogen) atoms. The predicted octanol–water partition coefficient (Wildman–Crippen LogP) is 4.97. The van der Waals surface area contributed by atoms with Crippen molar-refractivity contribution in [2.75, 3.05) is 4.90 Å². The van der Waals surface area contributed by atoms with Gasteiger partial charge in [-0.15, -0.1) is 0 Å². The number of anilines is 3. The molecule has 1 aliphatic heterocycles. The van der Waals surface area contributed by atoms with E-state index in [0.717, 1.165) is 22.8 Å². The maximum absolute atomic E-state index is 9.69. The van der Waals surface area contributed by atoms with Crippen molar-refractivity contribution in [1.29, 1.82) is 0 Å². The SMILES string of the molecule is Oc1ccc2c(c1)Oc1ccccc1N2c1ccccc1. The molecule has 0 saturated heterocycles. The van der Waals surface area contributed by atoms with Crippen LogP contribution in [0.15, 0.2) is 72.8 Å². The van der Waals surface area contributed by atoms with Gasteiger partial charge in [0.25, 0.3) is 0 Å². The summed E-state index contributed by atoms with van der Waals surface area (Å²) in [6.07, 6.45) is 0. The lowest BCUT2D eigenvalue weighted by Crippen LogP contribution is -2.15. The van der Waals surface area contributed by atoms with Crippen LogP contribution in [0.1, 0.15) is 0 Å². The number of hydrogen-bond donors (Lipinski definition) is 1. The third kappa shape index (κ3) is 1.91. The summed E-state index contributed by atoms with van der Waals surface area (Å²) in [5, 5.41) is 9.69. The molecule has 3 heteroatoms. The third-order valence-corrected chi connectivity index (χ3v) is 3.52. The van der Waals surface area contributed by atoms with Crippen LogP contribution < -0.4 is 9.64 Å². The highest BCUT2D eigenvalue weighted by Gasteiger charge is 2.25. The number of para-hydroxylation sites is 3. The van der Waals surface area contributed by atoms with Crippen LogP contribution in [0.5, 0.6) is 17.2 Å². The monoisotopic (exact) mass is 275 g/mol. The van der Waals surface area contributed by atoms with E-state index in [4.69, 9.17) is 4.74 Å². The summed E-state index contributed by atoms with van der Waals surface area (Å²) in [5.41, 5.74) is 2.96. The molecule has 0 spiro atoms. The standard InChI is InChI=1S/C18H13NO2/c20-14-10-11-16-18(12-14)21-17-9-5-4-8-15(17)19(16)13-6-2-1-3-7-13/h1-12,20H. The first-order chi connectivity index (χ1) is 10.3. The Hall–Kier alpha value is -2.94. The first-order valence-electron chi connectivity index (χ1n) is 6.78. The van der Waals surface area contributed by atoms with Gasteiger partial charge in [0.1, 0.15) is 5.75 Å². The molecular formula is C18H13NO2. The molecule has 1 aliphatic rings. The molecule has 0 atom stereocenters.